The van der Waals surface area contributed by atoms with Gasteiger partial charge < -0.3 is 14.8 Å². The summed E-state index contributed by atoms with van der Waals surface area (Å²) in [5.74, 6) is -1.79. The van der Waals surface area contributed by atoms with E-state index in [2.05, 4.69) is 5.32 Å². The van der Waals surface area contributed by atoms with E-state index in [1.807, 2.05) is 12.1 Å². The van der Waals surface area contributed by atoms with Crippen molar-refractivity contribution >= 4 is 23.0 Å². The molecule has 0 aliphatic rings. The number of benzene rings is 2. The van der Waals surface area contributed by atoms with Crippen molar-refractivity contribution < 1.29 is 19.1 Å². The van der Waals surface area contributed by atoms with Gasteiger partial charge in [-0.05, 0) is 29.8 Å². The zero-order valence-electron chi connectivity index (χ0n) is 13.3. The molecule has 3 rings (SSSR count). The average molecular weight is 340 g/mol. The number of aliphatic carboxylic acids is 1. The first-order valence-corrected chi connectivity index (χ1v) is 7.72. The van der Waals surface area contributed by atoms with Gasteiger partial charge in [0.2, 0.25) is 0 Å². The third kappa shape index (κ3) is 3.77. The predicted molar refractivity (Wildman–Crippen MR) is 90.6 cm³/mol. The smallest absolute Gasteiger partial charge is 0.420 e. The van der Waals surface area contributed by atoms with Crippen LogP contribution in [0.25, 0.3) is 11.1 Å². The van der Waals surface area contributed by atoms with Crippen LogP contribution in [0.4, 0.5) is 0 Å². The molecule has 7 heteroatoms. The summed E-state index contributed by atoms with van der Waals surface area (Å²) in [4.78, 5) is 34.6. The van der Waals surface area contributed by atoms with Gasteiger partial charge in [-0.2, -0.15) is 0 Å². The van der Waals surface area contributed by atoms with Crippen LogP contribution in [0.3, 0.4) is 0 Å². The molecule has 0 atom stereocenters. The van der Waals surface area contributed by atoms with Crippen molar-refractivity contribution in [3.8, 4) is 0 Å². The maximum atomic E-state index is 12.1. The third-order valence-electron chi connectivity index (χ3n) is 3.73. The van der Waals surface area contributed by atoms with Gasteiger partial charge in [-0.15, -0.1) is 0 Å². The summed E-state index contributed by atoms with van der Waals surface area (Å²) < 4.78 is 6.69. The minimum Gasteiger partial charge on any atom is -0.481 e. The number of amides is 1. The number of carboxylic acids is 1. The molecule has 2 aromatic carbocycles. The number of rotatable bonds is 6. The molecule has 2 N–H and O–H groups in total. The second kappa shape index (κ2) is 7.04. The highest BCUT2D eigenvalue weighted by Crippen LogP contribution is 2.14. The SMILES string of the molecule is O=C(O)CCNC(=O)c1cccc(Cn2c(=O)oc3ccccc32)c1. The monoisotopic (exact) mass is 340 g/mol. The molecule has 0 saturated carbocycles. The van der Waals surface area contributed by atoms with Crippen molar-refractivity contribution in [1.82, 2.24) is 9.88 Å². The molecule has 7 nitrogen and oxygen atoms in total. The Morgan fingerprint density at radius 1 is 1.12 bits per heavy atom. The summed E-state index contributed by atoms with van der Waals surface area (Å²) in [5, 5.41) is 11.2. The van der Waals surface area contributed by atoms with Gasteiger partial charge in [0.05, 0.1) is 18.5 Å². The molecule has 0 bridgehead atoms. The van der Waals surface area contributed by atoms with Crippen LogP contribution in [0.15, 0.2) is 57.7 Å². The summed E-state index contributed by atoms with van der Waals surface area (Å²) >= 11 is 0. The van der Waals surface area contributed by atoms with Gasteiger partial charge in [0.1, 0.15) is 0 Å². The first-order valence-electron chi connectivity index (χ1n) is 7.72. The maximum Gasteiger partial charge on any atom is 0.420 e. The highest BCUT2D eigenvalue weighted by molar-refractivity contribution is 5.94. The molecule has 0 spiro atoms. The van der Waals surface area contributed by atoms with Crippen molar-refractivity contribution in [3.63, 3.8) is 0 Å². The van der Waals surface area contributed by atoms with Crippen LogP contribution in [0, 0.1) is 0 Å². The van der Waals surface area contributed by atoms with E-state index in [1.165, 1.54) is 4.57 Å². The quantitative estimate of drug-likeness (QED) is 0.713. The van der Waals surface area contributed by atoms with Crippen molar-refractivity contribution in [2.75, 3.05) is 6.54 Å². The molecule has 1 amide bonds. The zero-order valence-corrected chi connectivity index (χ0v) is 13.3. The number of oxazole rings is 1. The Morgan fingerprint density at radius 2 is 1.92 bits per heavy atom. The van der Waals surface area contributed by atoms with E-state index in [4.69, 9.17) is 9.52 Å². The van der Waals surface area contributed by atoms with Gasteiger partial charge in [-0.1, -0.05) is 24.3 Å². The number of carbonyl (C=O) groups excluding carboxylic acids is 1. The van der Waals surface area contributed by atoms with E-state index in [-0.39, 0.29) is 25.4 Å². The lowest BCUT2D eigenvalue weighted by atomic mass is 10.1. The van der Waals surface area contributed by atoms with Crippen LogP contribution in [0.5, 0.6) is 0 Å². The molecule has 25 heavy (non-hydrogen) atoms. The normalized spacial score (nSPS) is 10.7. The number of nitrogens with zero attached hydrogens (tertiary/aromatic N) is 1. The Hall–Kier alpha value is -3.35. The maximum absolute atomic E-state index is 12.1. The molecule has 0 aliphatic carbocycles. The molecular weight excluding hydrogens is 324 g/mol. The van der Waals surface area contributed by atoms with E-state index in [9.17, 15) is 14.4 Å². The fraction of sp³-hybridized carbons (Fsp3) is 0.167. The number of nitrogens with one attached hydrogen (secondary N) is 1. The minimum atomic E-state index is -0.972. The Labute approximate surface area is 142 Å². The molecule has 0 saturated heterocycles. The Morgan fingerprint density at radius 3 is 2.72 bits per heavy atom. The first kappa shape index (κ1) is 16.5. The minimum absolute atomic E-state index is 0.0597. The molecule has 1 aromatic heterocycles. The molecule has 3 aromatic rings. The predicted octanol–water partition coefficient (Wildman–Crippen LogP) is 1.85. The van der Waals surface area contributed by atoms with Crippen molar-refractivity contribution in [2.45, 2.75) is 13.0 Å². The molecular formula is C18H16N2O5. The van der Waals surface area contributed by atoms with Gasteiger partial charge in [0.15, 0.2) is 5.58 Å². The second-order valence-electron chi connectivity index (χ2n) is 5.52. The van der Waals surface area contributed by atoms with Crippen LogP contribution in [-0.2, 0) is 11.3 Å². The lowest BCUT2D eigenvalue weighted by molar-refractivity contribution is -0.136. The Bertz CT molecular complexity index is 986. The molecule has 0 fully saturated rings. The number of para-hydroxylation sites is 2. The fourth-order valence-electron chi connectivity index (χ4n) is 2.54. The number of carbonyl (C=O) groups is 2. The summed E-state index contributed by atoms with van der Waals surface area (Å²) in [6.07, 6.45) is -0.137. The van der Waals surface area contributed by atoms with Crippen LogP contribution >= 0.6 is 0 Å². The number of fused-ring (bicyclic) bond motifs is 1. The van der Waals surface area contributed by atoms with Gasteiger partial charge in [0, 0.05) is 12.1 Å². The summed E-state index contributed by atoms with van der Waals surface area (Å²) in [6, 6.07) is 14.0. The molecule has 0 aliphatic heterocycles. The lowest BCUT2D eigenvalue weighted by Crippen LogP contribution is -2.26. The van der Waals surface area contributed by atoms with Crippen LogP contribution in [0.2, 0.25) is 0 Å². The van der Waals surface area contributed by atoms with Crippen molar-refractivity contribution in [3.05, 3.63) is 70.2 Å². The second-order valence-corrected chi connectivity index (χ2v) is 5.52. The lowest BCUT2D eigenvalue weighted by Gasteiger charge is -2.07. The van der Waals surface area contributed by atoms with Gasteiger partial charge in [-0.3, -0.25) is 14.2 Å². The largest absolute Gasteiger partial charge is 0.481 e. The van der Waals surface area contributed by atoms with Gasteiger partial charge >= 0.3 is 11.7 Å². The Balaban J connectivity index is 1.79. The molecule has 1 heterocycles. The summed E-state index contributed by atoms with van der Waals surface area (Å²) in [5.41, 5.74) is 2.36. The van der Waals surface area contributed by atoms with E-state index in [1.54, 1.807) is 36.4 Å². The number of hydrogen-bond acceptors (Lipinski definition) is 4. The van der Waals surface area contributed by atoms with Crippen molar-refractivity contribution in [1.29, 1.82) is 0 Å². The van der Waals surface area contributed by atoms with Gasteiger partial charge in [0.25, 0.3) is 5.91 Å². The average Bonchev–Trinajstić information content (AvgIpc) is 2.90. The van der Waals surface area contributed by atoms with Crippen LogP contribution in [0.1, 0.15) is 22.3 Å². The number of carboxylic acid groups (broad SMARTS) is 1. The third-order valence-corrected chi connectivity index (χ3v) is 3.73. The molecule has 0 radical (unpaired) electrons. The van der Waals surface area contributed by atoms with E-state index < -0.39 is 11.7 Å². The van der Waals surface area contributed by atoms with E-state index in [0.717, 1.165) is 5.56 Å². The highest BCUT2D eigenvalue weighted by Gasteiger charge is 2.11. The van der Waals surface area contributed by atoms with Gasteiger partial charge in [-0.25, -0.2) is 4.79 Å². The summed E-state index contributed by atoms with van der Waals surface area (Å²) in [6.45, 7) is 0.330. The molecule has 0 unspecified atom stereocenters. The van der Waals surface area contributed by atoms with Crippen LogP contribution < -0.4 is 11.1 Å². The Kier molecular flexibility index (Phi) is 4.65. The molecule has 128 valence electrons. The fourth-order valence-corrected chi connectivity index (χ4v) is 2.54. The van der Waals surface area contributed by atoms with Crippen molar-refractivity contribution in [2.24, 2.45) is 0 Å². The first-order chi connectivity index (χ1) is 12.0. The summed E-state index contributed by atoms with van der Waals surface area (Å²) in [7, 11) is 0. The zero-order chi connectivity index (χ0) is 17.8. The number of hydrogen-bond donors (Lipinski definition) is 2. The number of aromatic nitrogens is 1. The van der Waals surface area contributed by atoms with E-state index >= 15 is 0 Å². The highest BCUT2D eigenvalue weighted by atomic mass is 16.4. The standard InChI is InChI=1S/C18H16N2O5/c21-16(22)8-9-19-17(23)13-5-3-4-12(10-13)11-20-14-6-1-2-7-15(14)25-18(20)24/h1-7,10H,8-9,11H2,(H,19,23)(H,21,22). The van der Waals surface area contributed by atoms with E-state index in [0.29, 0.717) is 16.7 Å². The van der Waals surface area contributed by atoms with Crippen LogP contribution in [-0.4, -0.2) is 28.1 Å². The topological polar surface area (TPSA) is 102 Å².